The summed E-state index contributed by atoms with van der Waals surface area (Å²) in [6.45, 7) is 0.292. The minimum absolute atomic E-state index is 0.0775. The summed E-state index contributed by atoms with van der Waals surface area (Å²) in [5, 5.41) is 13.4. The molecule has 2 aliphatic rings. The molecule has 0 radical (unpaired) electrons. The molecule has 2 atom stereocenters. The van der Waals surface area contributed by atoms with Gasteiger partial charge in [0.2, 0.25) is 5.91 Å². The van der Waals surface area contributed by atoms with Crippen LogP contribution in [-0.2, 0) is 27.3 Å². The van der Waals surface area contributed by atoms with E-state index in [0.717, 1.165) is 16.0 Å². The van der Waals surface area contributed by atoms with E-state index in [0.29, 0.717) is 13.0 Å². The third-order valence-corrected chi connectivity index (χ3v) is 5.46. The fraction of sp³-hybridized carbons (Fsp3) is 0.444. The molecule has 2 aliphatic heterocycles. The quantitative estimate of drug-likeness (QED) is 0.621. The minimum atomic E-state index is -1.36. The Bertz CT molecular complexity index is 741. The lowest BCUT2D eigenvalue weighted by atomic mass is 9.95. The van der Waals surface area contributed by atoms with Gasteiger partial charge in [-0.1, -0.05) is 24.3 Å². The number of nitrogens with one attached hydrogen (secondary N) is 1. The van der Waals surface area contributed by atoms with Gasteiger partial charge in [-0.25, -0.2) is 4.79 Å². The maximum atomic E-state index is 12.6. The lowest BCUT2D eigenvalue weighted by Gasteiger charge is -2.28. The summed E-state index contributed by atoms with van der Waals surface area (Å²) in [5.74, 6) is -2.03. The fourth-order valence-electron chi connectivity index (χ4n) is 3.39. The Morgan fingerprint density at radius 2 is 2.00 bits per heavy atom. The number of imide groups is 1. The highest BCUT2D eigenvalue weighted by atomic mass is 32.2. The number of aliphatic carboxylic acids is 1. The molecular formula is C18H20N3O5S-. The summed E-state index contributed by atoms with van der Waals surface area (Å²) >= 11 is 1.27. The number of hydrogen-bond acceptors (Lipinski definition) is 6. The van der Waals surface area contributed by atoms with Crippen molar-refractivity contribution in [2.45, 2.75) is 31.5 Å². The van der Waals surface area contributed by atoms with Gasteiger partial charge in [0.05, 0.1) is 12.0 Å². The molecule has 4 amide bonds. The standard InChI is InChI=1S/C18H21N3O5S/c1-27-10-13(17(24)25)19-15(22)6-7-20-16(23)14-8-11-4-2-3-5-12(11)9-21(14)18(20)26/h2-5,13-14H,6-10H2,1H3,(H,19,22)(H,24,25)/p-1/t13-,14-/m0/s1. The lowest BCUT2D eigenvalue weighted by Crippen LogP contribution is -2.50. The molecule has 0 bridgehead atoms. The number of carbonyl (C=O) groups excluding carboxylic acids is 4. The Balaban J connectivity index is 1.61. The average Bonchev–Trinajstić information content (AvgIpc) is 2.88. The highest BCUT2D eigenvalue weighted by molar-refractivity contribution is 7.98. The van der Waals surface area contributed by atoms with Gasteiger partial charge in [-0.3, -0.25) is 14.5 Å². The van der Waals surface area contributed by atoms with Crippen molar-refractivity contribution >= 4 is 35.6 Å². The molecule has 1 N–H and O–H groups in total. The summed E-state index contributed by atoms with van der Waals surface area (Å²) in [4.78, 5) is 50.9. The molecule has 3 rings (SSSR count). The van der Waals surface area contributed by atoms with Gasteiger partial charge in [-0.2, -0.15) is 11.8 Å². The van der Waals surface area contributed by atoms with Crippen LogP contribution in [0.3, 0.4) is 0 Å². The first-order valence-corrected chi connectivity index (χ1v) is 9.99. The third kappa shape index (κ3) is 3.92. The SMILES string of the molecule is CSC[C@H](NC(=O)CCN1C(=O)[C@@H]2Cc3ccccc3CN2C1=O)C(=O)[O-]. The second-order valence-electron chi connectivity index (χ2n) is 6.53. The van der Waals surface area contributed by atoms with Gasteiger partial charge in [0, 0.05) is 31.7 Å². The Hall–Kier alpha value is -2.55. The Labute approximate surface area is 160 Å². The number of carboxylic acid groups (broad SMARTS) is 1. The lowest BCUT2D eigenvalue weighted by molar-refractivity contribution is -0.307. The number of carbonyl (C=O) groups is 4. The summed E-state index contributed by atoms with van der Waals surface area (Å²) in [7, 11) is 0. The van der Waals surface area contributed by atoms with Crippen molar-refractivity contribution in [3.63, 3.8) is 0 Å². The van der Waals surface area contributed by atoms with Crippen molar-refractivity contribution in [1.82, 2.24) is 15.1 Å². The second-order valence-corrected chi connectivity index (χ2v) is 7.44. The zero-order chi connectivity index (χ0) is 19.6. The second kappa shape index (κ2) is 7.99. The largest absolute Gasteiger partial charge is 0.548 e. The number of carboxylic acids is 1. The van der Waals surface area contributed by atoms with Crippen LogP contribution in [0.5, 0.6) is 0 Å². The fourth-order valence-corrected chi connectivity index (χ4v) is 3.95. The Kier molecular flexibility index (Phi) is 5.69. The molecule has 1 aromatic rings. The van der Waals surface area contributed by atoms with E-state index in [-0.39, 0.29) is 24.6 Å². The molecule has 1 saturated heterocycles. The number of fused-ring (bicyclic) bond motifs is 2. The zero-order valence-corrected chi connectivity index (χ0v) is 15.7. The summed E-state index contributed by atoms with van der Waals surface area (Å²) in [6.07, 6.45) is 2.03. The van der Waals surface area contributed by atoms with Crippen LogP contribution in [-0.4, -0.2) is 64.3 Å². The van der Waals surface area contributed by atoms with Crippen LogP contribution in [0.25, 0.3) is 0 Å². The molecule has 2 heterocycles. The first-order valence-electron chi connectivity index (χ1n) is 8.60. The minimum Gasteiger partial charge on any atom is -0.548 e. The van der Waals surface area contributed by atoms with Crippen molar-refractivity contribution in [3.05, 3.63) is 35.4 Å². The zero-order valence-electron chi connectivity index (χ0n) is 14.8. The van der Waals surface area contributed by atoms with E-state index in [4.69, 9.17) is 0 Å². The maximum absolute atomic E-state index is 12.6. The first kappa shape index (κ1) is 19.2. The number of benzene rings is 1. The van der Waals surface area contributed by atoms with E-state index in [1.54, 1.807) is 6.26 Å². The molecule has 1 fully saturated rings. The van der Waals surface area contributed by atoms with Crippen molar-refractivity contribution in [3.8, 4) is 0 Å². The van der Waals surface area contributed by atoms with Gasteiger partial charge in [-0.05, 0) is 17.4 Å². The van der Waals surface area contributed by atoms with Crippen molar-refractivity contribution in [2.75, 3.05) is 18.6 Å². The topological polar surface area (TPSA) is 110 Å². The third-order valence-electron chi connectivity index (χ3n) is 4.79. The van der Waals surface area contributed by atoms with Crippen LogP contribution in [0.1, 0.15) is 17.5 Å². The van der Waals surface area contributed by atoms with E-state index in [1.807, 2.05) is 24.3 Å². The average molecular weight is 390 g/mol. The van der Waals surface area contributed by atoms with Crippen molar-refractivity contribution < 1.29 is 24.3 Å². The highest BCUT2D eigenvalue weighted by Gasteiger charge is 2.46. The van der Waals surface area contributed by atoms with E-state index in [2.05, 4.69) is 5.32 Å². The van der Waals surface area contributed by atoms with Crippen molar-refractivity contribution in [2.24, 2.45) is 0 Å². The number of amides is 4. The number of nitrogens with zero attached hydrogens (tertiary/aromatic N) is 2. The number of thioether (sulfide) groups is 1. The summed E-state index contributed by atoms with van der Waals surface area (Å²) < 4.78 is 0. The molecule has 8 nitrogen and oxygen atoms in total. The van der Waals surface area contributed by atoms with Crippen LogP contribution < -0.4 is 10.4 Å². The molecule has 0 aliphatic carbocycles. The smallest absolute Gasteiger partial charge is 0.327 e. The van der Waals surface area contributed by atoms with Crippen LogP contribution in [0.4, 0.5) is 4.79 Å². The van der Waals surface area contributed by atoms with Crippen LogP contribution in [0, 0.1) is 0 Å². The van der Waals surface area contributed by atoms with E-state index in [9.17, 15) is 24.3 Å². The maximum Gasteiger partial charge on any atom is 0.327 e. The number of hydrogen-bond donors (Lipinski definition) is 1. The van der Waals surface area contributed by atoms with Gasteiger partial charge in [0.1, 0.15) is 6.04 Å². The highest BCUT2D eigenvalue weighted by Crippen LogP contribution is 2.29. The molecule has 0 unspecified atom stereocenters. The normalized spacial score (nSPS) is 19.5. The summed E-state index contributed by atoms with van der Waals surface area (Å²) in [5.41, 5.74) is 2.07. The molecule has 27 heavy (non-hydrogen) atoms. The van der Waals surface area contributed by atoms with Gasteiger partial charge in [0.15, 0.2) is 0 Å². The van der Waals surface area contributed by atoms with Crippen LogP contribution in [0.15, 0.2) is 24.3 Å². The molecule has 0 saturated carbocycles. The predicted molar refractivity (Wildman–Crippen MR) is 96.5 cm³/mol. The van der Waals surface area contributed by atoms with E-state index >= 15 is 0 Å². The molecular weight excluding hydrogens is 370 g/mol. The molecule has 9 heteroatoms. The summed E-state index contributed by atoms with van der Waals surface area (Å²) in [6, 6.07) is 5.64. The van der Waals surface area contributed by atoms with Gasteiger partial charge < -0.3 is 20.1 Å². The van der Waals surface area contributed by atoms with Crippen LogP contribution >= 0.6 is 11.8 Å². The number of rotatable bonds is 7. The number of urea groups is 1. The van der Waals surface area contributed by atoms with Crippen LogP contribution in [0.2, 0.25) is 0 Å². The Morgan fingerprint density at radius 1 is 1.30 bits per heavy atom. The molecule has 0 spiro atoms. The molecule has 1 aromatic carbocycles. The van der Waals surface area contributed by atoms with Crippen molar-refractivity contribution in [1.29, 1.82) is 0 Å². The molecule has 0 aromatic heterocycles. The van der Waals surface area contributed by atoms with Gasteiger partial charge in [-0.15, -0.1) is 0 Å². The Morgan fingerprint density at radius 3 is 2.67 bits per heavy atom. The first-order chi connectivity index (χ1) is 12.9. The molecule has 144 valence electrons. The van der Waals surface area contributed by atoms with E-state index < -0.39 is 30.0 Å². The monoisotopic (exact) mass is 390 g/mol. The predicted octanol–water partition coefficient (Wildman–Crippen LogP) is -0.637. The van der Waals surface area contributed by atoms with Gasteiger partial charge >= 0.3 is 6.03 Å². The van der Waals surface area contributed by atoms with E-state index in [1.165, 1.54) is 16.7 Å². The van der Waals surface area contributed by atoms with Gasteiger partial charge in [0.25, 0.3) is 5.91 Å².